The second-order valence-corrected chi connectivity index (χ2v) is 8.66. The summed E-state index contributed by atoms with van der Waals surface area (Å²) in [6, 6.07) is 13.1. The first-order valence-electron chi connectivity index (χ1n) is 10.6. The van der Waals surface area contributed by atoms with E-state index in [1.165, 1.54) is 6.20 Å². The second kappa shape index (κ2) is 10.2. The van der Waals surface area contributed by atoms with Gasteiger partial charge in [-0.15, -0.1) is 0 Å². The number of carbonyl (C=O) groups excluding carboxylic acids is 2. The van der Waals surface area contributed by atoms with E-state index < -0.39 is 29.6 Å². The fourth-order valence-corrected chi connectivity index (χ4v) is 3.26. The number of carboxylic acids is 1. The first kappa shape index (κ1) is 23.8. The summed E-state index contributed by atoms with van der Waals surface area (Å²) in [7, 11) is 0. The summed E-state index contributed by atoms with van der Waals surface area (Å²) >= 11 is 0. The largest absolute Gasteiger partial charge is 0.481 e. The summed E-state index contributed by atoms with van der Waals surface area (Å²) in [5.41, 5.74) is 0.658. The summed E-state index contributed by atoms with van der Waals surface area (Å²) in [5, 5.41) is 16.1. The number of alkyl carbamates (subject to hydrolysis) is 1. The highest BCUT2D eigenvalue weighted by Crippen LogP contribution is 2.19. The average Bonchev–Trinajstić information content (AvgIpc) is 3.18. The molecule has 3 aromatic rings. The third-order valence-corrected chi connectivity index (χ3v) is 4.71. The van der Waals surface area contributed by atoms with Crippen molar-refractivity contribution in [2.75, 3.05) is 6.54 Å². The lowest BCUT2D eigenvalue weighted by molar-refractivity contribution is -0.137. The molecule has 1 heterocycles. The van der Waals surface area contributed by atoms with E-state index in [9.17, 15) is 14.4 Å². The van der Waals surface area contributed by atoms with Crippen molar-refractivity contribution >= 4 is 28.7 Å². The molecule has 3 rings (SSSR count). The molecule has 33 heavy (non-hydrogen) atoms. The molecule has 0 aliphatic heterocycles. The van der Waals surface area contributed by atoms with Gasteiger partial charge in [-0.3, -0.25) is 9.59 Å². The minimum absolute atomic E-state index is 0.0707. The number of rotatable bonds is 8. The Morgan fingerprint density at radius 2 is 1.85 bits per heavy atom. The number of aliphatic carboxylic acids is 1. The zero-order valence-electron chi connectivity index (χ0n) is 18.8. The van der Waals surface area contributed by atoms with E-state index in [-0.39, 0.29) is 13.0 Å². The van der Waals surface area contributed by atoms with Gasteiger partial charge in [0, 0.05) is 13.0 Å². The van der Waals surface area contributed by atoms with Crippen LogP contribution in [0.2, 0.25) is 0 Å². The quantitative estimate of drug-likeness (QED) is 0.414. The zero-order chi connectivity index (χ0) is 24.0. The van der Waals surface area contributed by atoms with E-state index in [0.717, 1.165) is 16.3 Å². The molecular weight excluding hydrogens is 424 g/mol. The molecule has 1 aromatic heterocycles. The van der Waals surface area contributed by atoms with E-state index in [1.54, 1.807) is 20.8 Å². The number of nitrogens with one attached hydrogen (secondary N) is 3. The van der Waals surface area contributed by atoms with Crippen molar-refractivity contribution < 1.29 is 24.2 Å². The Kier molecular flexibility index (Phi) is 7.32. The zero-order valence-corrected chi connectivity index (χ0v) is 18.8. The highest BCUT2D eigenvalue weighted by molar-refractivity contribution is 5.87. The van der Waals surface area contributed by atoms with Gasteiger partial charge in [0.1, 0.15) is 11.4 Å². The molecule has 9 nitrogen and oxygen atoms in total. The molecule has 174 valence electrons. The number of H-pyrrole nitrogens is 1. The molecule has 9 heteroatoms. The number of aromatic nitrogens is 2. The van der Waals surface area contributed by atoms with Gasteiger partial charge in [-0.05, 0) is 37.1 Å². The Morgan fingerprint density at radius 1 is 1.12 bits per heavy atom. The number of nitrogens with zero attached hydrogens (tertiary/aromatic N) is 1. The molecule has 0 spiro atoms. The van der Waals surface area contributed by atoms with Crippen LogP contribution in [-0.4, -0.2) is 45.2 Å². The lowest BCUT2D eigenvalue weighted by atomic mass is 10.1. The maximum atomic E-state index is 12.7. The van der Waals surface area contributed by atoms with Gasteiger partial charge in [0.15, 0.2) is 6.04 Å². The Morgan fingerprint density at radius 3 is 2.55 bits per heavy atom. The van der Waals surface area contributed by atoms with Crippen LogP contribution in [0.3, 0.4) is 0 Å². The second-order valence-electron chi connectivity index (χ2n) is 8.66. The van der Waals surface area contributed by atoms with Gasteiger partial charge in [-0.1, -0.05) is 42.5 Å². The van der Waals surface area contributed by atoms with Gasteiger partial charge in [0.05, 0.1) is 18.3 Å². The maximum Gasteiger partial charge on any atom is 0.408 e. The number of imidazole rings is 1. The number of aromatic amines is 1. The van der Waals surface area contributed by atoms with Gasteiger partial charge in [-0.25, -0.2) is 9.78 Å². The molecule has 4 N–H and O–H groups in total. The molecule has 2 amide bonds. The van der Waals surface area contributed by atoms with Crippen LogP contribution in [0, 0.1) is 0 Å². The molecule has 0 fully saturated rings. The molecule has 0 aliphatic carbocycles. The van der Waals surface area contributed by atoms with Crippen molar-refractivity contribution in [2.24, 2.45) is 0 Å². The Bertz CT molecular complexity index is 1150. The van der Waals surface area contributed by atoms with Gasteiger partial charge in [-0.2, -0.15) is 0 Å². The van der Waals surface area contributed by atoms with Crippen molar-refractivity contribution in [3.05, 3.63) is 65.7 Å². The molecule has 2 aromatic carbocycles. The number of hydrogen-bond donors (Lipinski definition) is 4. The standard InChI is InChI=1S/C24H28N4O5/c1-24(2,3)33-23(32)28-21(22(31)25-11-10-20(29)30)18-14-26-19(27-18)13-15-8-9-16-6-4-5-7-17(16)12-15/h4-9,12,14,21H,10-11,13H2,1-3H3,(H,25,31)(H,26,27)(H,28,32)(H,29,30). The maximum absolute atomic E-state index is 12.7. The number of benzene rings is 2. The van der Waals surface area contributed by atoms with Gasteiger partial charge in [0.2, 0.25) is 5.91 Å². The van der Waals surface area contributed by atoms with Crippen molar-refractivity contribution in [3.8, 4) is 0 Å². The number of fused-ring (bicyclic) bond motifs is 1. The van der Waals surface area contributed by atoms with Crippen molar-refractivity contribution in [2.45, 2.75) is 45.3 Å². The minimum Gasteiger partial charge on any atom is -0.481 e. The lowest BCUT2D eigenvalue weighted by Gasteiger charge is -2.22. The predicted octanol–water partition coefficient (Wildman–Crippen LogP) is 3.31. The first-order valence-corrected chi connectivity index (χ1v) is 10.6. The van der Waals surface area contributed by atoms with Crippen LogP contribution in [0.5, 0.6) is 0 Å². The topological polar surface area (TPSA) is 133 Å². The number of carbonyl (C=O) groups is 3. The van der Waals surface area contributed by atoms with E-state index in [1.807, 2.05) is 36.4 Å². The molecule has 0 saturated heterocycles. The van der Waals surface area contributed by atoms with Gasteiger partial charge < -0.3 is 25.5 Å². The highest BCUT2D eigenvalue weighted by Gasteiger charge is 2.27. The van der Waals surface area contributed by atoms with Crippen molar-refractivity contribution in [1.82, 2.24) is 20.6 Å². The highest BCUT2D eigenvalue weighted by atomic mass is 16.6. The number of hydrogen-bond acceptors (Lipinski definition) is 5. The average molecular weight is 453 g/mol. The normalized spacial score (nSPS) is 12.2. The first-order chi connectivity index (χ1) is 15.6. The SMILES string of the molecule is CC(C)(C)OC(=O)NC(C(=O)NCCC(=O)O)c1cnc(Cc2ccc3ccccc3c2)[nH]1. The molecule has 0 radical (unpaired) electrons. The van der Waals surface area contributed by atoms with Crippen LogP contribution >= 0.6 is 0 Å². The summed E-state index contributed by atoms with van der Waals surface area (Å²) in [4.78, 5) is 43.2. The number of ether oxygens (including phenoxy) is 1. The lowest BCUT2D eigenvalue weighted by Crippen LogP contribution is -2.43. The van der Waals surface area contributed by atoms with Crippen LogP contribution in [0.25, 0.3) is 10.8 Å². The fraction of sp³-hybridized carbons (Fsp3) is 0.333. The third-order valence-electron chi connectivity index (χ3n) is 4.71. The fourth-order valence-electron chi connectivity index (χ4n) is 3.26. The molecular formula is C24H28N4O5. The summed E-state index contributed by atoms with van der Waals surface area (Å²) in [6.45, 7) is 5.07. The Balaban J connectivity index is 1.76. The van der Waals surface area contributed by atoms with Crippen LogP contribution in [0.4, 0.5) is 4.79 Å². The van der Waals surface area contributed by atoms with E-state index in [0.29, 0.717) is 17.9 Å². The van der Waals surface area contributed by atoms with Crippen LogP contribution in [-0.2, 0) is 20.7 Å². The van der Waals surface area contributed by atoms with E-state index in [4.69, 9.17) is 9.84 Å². The summed E-state index contributed by atoms with van der Waals surface area (Å²) in [6.07, 6.45) is 0.979. The monoisotopic (exact) mass is 452 g/mol. The molecule has 1 unspecified atom stereocenters. The van der Waals surface area contributed by atoms with Crippen molar-refractivity contribution in [1.29, 1.82) is 0 Å². The minimum atomic E-state index is -1.12. The van der Waals surface area contributed by atoms with E-state index in [2.05, 4.69) is 26.7 Å². The van der Waals surface area contributed by atoms with Gasteiger partial charge >= 0.3 is 12.1 Å². The predicted molar refractivity (Wildman–Crippen MR) is 123 cm³/mol. The van der Waals surface area contributed by atoms with Crippen LogP contribution in [0.1, 0.15) is 50.3 Å². The number of amides is 2. The smallest absolute Gasteiger partial charge is 0.408 e. The third kappa shape index (κ3) is 7.06. The number of carboxylic acid groups (broad SMARTS) is 1. The molecule has 0 bridgehead atoms. The Hall–Kier alpha value is -3.88. The Labute approximate surface area is 191 Å². The summed E-state index contributed by atoms with van der Waals surface area (Å²) in [5.74, 6) is -0.983. The molecule has 1 atom stereocenters. The molecule has 0 saturated carbocycles. The van der Waals surface area contributed by atoms with Crippen LogP contribution in [0.15, 0.2) is 48.7 Å². The summed E-state index contributed by atoms with van der Waals surface area (Å²) < 4.78 is 5.27. The van der Waals surface area contributed by atoms with Crippen molar-refractivity contribution in [3.63, 3.8) is 0 Å². The van der Waals surface area contributed by atoms with E-state index >= 15 is 0 Å². The molecule has 0 aliphatic rings. The van der Waals surface area contributed by atoms with Gasteiger partial charge in [0.25, 0.3) is 0 Å². The van der Waals surface area contributed by atoms with Crippen LogP contribution < -0.4 is 10.6 Å².